The Morgan fingerprint density at radius 1 is 1.00 bits per heavy atom. The van der Waals surface area contributed by atoms with Gasteiger partial charge in [-0.15, -0.1) is 0 Å². The topological polar surface area (TPSA) is 111 Å². The number of hydrazone groups is 1. The summed E-state index contributed by atoms with van der Waals surface area (Å²) in [5, 5.41) is 25.6. The van der Waals surface area contributed by atoms with Gasteiger partial charge in [0.25, 0.3) is 0 Å². The molecule has 148 valence electrons. The van der Waals surface area contributed by atoms with E-state index in [1.54, 1.807) is 30.3 Å². The average Bonchev–Trinajstić information content (AvgIpc) is 2.66. The molecule has 0 aliphatic heterocycles. The lowest BCUT2D eigenvalue weighted by atomic mass is 10.1. The van der Waals surface area contributed by atoms with Crippen LogP contribution in [-0.2, 0) is 9.59 Å². The van der Waals surface area contributed by atoms with Gasteiger partial charge in [-0.3, -0.25) is 9.59 Å². The molecule has 7 nitrogen and oxygen atoms in total. The van der Waals surface area contributed by atoms with E-state index in [1.807, 2.05) is 0 Å². The third kappa shape index (κ3) is 7.40. The van der Waals surface area contributed by atoms with Gasteiger partial charge in [-0.25, -0.2) is 5.43 Å². The summed E-state index contributed by atoms with van der Waals surface area (Å²) >= 11 is 3.33. The maximum absolute atomic E-state index is 11.8. The number of rotatable bonds is 9. The molecule has 8 heteroatoms. The van der Waals surface area contributed by atoms with E-state index in [4.69, 9.17) is 0 Å². The molecule has 4 N–H and O–H groups in total. The van der Waals surface area contributed by atoms with Gasteiger partial charge < -0.3 is 15.5 Å². The maximum Gasteiger partial charge on any atom is 0.240 e. The number of nitrogens with one attached hydrogen (secondary N) is 2. The summed E-state index contributed by atoms with van der Waals surface area (Å²) in [5.74, 6) is -0.244. The van der Waals surface area contributed by atoms with E-state index in [9.17, 15) is 19.8 Å². The van der Waals surface area contributed by atoms with Gasteiger partial charge in [0.2, 0.25) is 11.8 Å². The number of aromatic hydroxyl groups is 2. The van der Waals surface area contributed by atoms with Gasteiger partial charge in [-0.05, 0) is 43.2 Å². The average molecular weight is 448 g/mol. The summed E-state index contributed by atoms with van der Waals surface area (Å²) in [7, 11) is 0. The Bertz CT molecular complexity index is 855. The standard InChI is InChI=1S/C20H22BrN3O4/c21-16-11-10-15(25)12-14(16)13-22-24-20(28)9-3-1-2-8-19(27)23-17-6-4-5-7-18(17)26/h4-7,10-13,25-26H,1-3,8-9H2,(H,23,27)(H,24,28)/b22-13+. The van der Waals surface area contributed by atoms with Crippen LogP contribution in [0.2, 0.25) is 0 Å². The summed E-state index contributed by atoms with van der Waals surface area (Å²) in [6, 6.07) is 11.3. The van der Waals surface area contributed by atoms with Crippen molar-refractivity contribution < 1.29 is 19.8 Å². The third-order valence-corrected chi connectivity index (χ3v) is 4.58. The molecule has 0 spiro atoms. The summed E-state index contributed by atoms with van der Waals surface area (Å²) < 4.78 is 0.755. The number of carbonyl (C=O) groups excluding carboxylic acids is 2. The molecule has 0 saturated carbocycles. The van der Waals surface area contributed by atoms with Gasteiger partial charge in [-0.2, -0.15) is 5.10 Å². The Morgan fingerprint density at radius 2 is 1.71 bits per heavy atom. The van der Waals surface area contributed by atoms with Crippen LogP contribution in [0.5, 0.6) is 11.5 Å². The Balaban J connectivity index is 1.61. The summed E-state index contributed by atoms with van der Waals surface area (Å²) in [4.78, 5) is 23.6. The zero-order valence-electron chi connectivity index (χ0n) is 15.2. The maximum atomic E-state index is 11.8. The molecule has 0 aliphatic carbocycles. The highest BCUT2D eigenvalue weighted by Crippen LogP contribution is 2.22. The van der Waals surface area contributed by atoms with Crippen molar-refractivity contribution in [3.8, 4) is 11.5 Å². The van der Waals surface area contributed by atoms with Crippen molar-refractivity contribution in [2.24, 2.45) is 5.10 Å². The first-order chi connectivity index (χ1) is 13.5. The number of phenolic OH excluding ortho intramolecular Hbond substituents is 2. The van der Waals surface area contributed by atoms with Crippen molar-refractivity contribution in [3.63, 3.8) is 0 Å². The van der Waals surface area contributed by atoms with E-state index in [-0.39, 0.29) is 23.3 Å². The van der Waals surface area contributed by atoms with Crippen LogP contribution in [0.25, 0.3) is 0 Å². The van der Waals surface area contributed by atoms with Crippen LogP contribution in [0.15, 0.2) is 52.0 Å². The van der Waals surface area contributed by atoms with Crippen LogP contribution in [0, 0.1) is 0 Å². The highest BCUT2D eigenvalue weighted by atomic mass is 79.9. The molecule has 0 heterocycles. The van der Waals surface area contributed by atoms with Crippen LogP contribution in [0.1, 0.15) is 37.7 Å². The predicted octanol–water partition coefficient (Wildman–Crippen LogP) is 3.90. The number of para-hydroxylation sites is 2. The molecule has 2 rings (SSSR count). The van der Waals surface area contributed by atoms with Crippen molar-refractivity contribution >= 4 is 39.6 Å². The highest BCUT2D eigenvalue weighted by Gasteiger charge is 2.06. The van der Waals surface area contributed by atoms with Crippen molar-refractivity contribution in [2.45, 2.75) is 32.1 Å². The minimum atomic E-state index is -0.216. The Morgan fingerprint density at radius 3 is 2.46 bits per heavy atom. The number of hydrogen-bond acceptors (Lipinski definition) is 5. The van der Waals surface area contributed by atoms with Crippen LogP contribution >= 0.6 is 15.9 Å². The normalized spacial score (nSPS) is 10.8. The van der Waals surface area contributed by atoms with Crippen molar-refractivity contribution in [2.75, 3.05) is 5.32 Å². The second kappa shape index (κ2) is 11.1. The Kier molecular flexibility index (Phi) is 8.48. The first-order valence-corrected chi connectivity index (χ1v) is 9.63. The molecule has 2 aromatic rings. The van der Waals surface area contributed by atoms with E-state index < -0.39 is 0 Å². The molecule has 2 amide bonds. The molecule has 0 aliphatic rings. The number of unbranched alkanes of at least 4 members (excludes halogenated alkanes) is 2. The molecule has 0 atom stereocenters. The number of amides is 2. The van der Waals surface area contributed by atoms with E-state index >= 15 is 0 Å². The SMILES string of the molecule is O=C(CCCCCC(=O)Nc1ccccc1O)N/N=C/c1cc(O)ccc1Br. The predicted molar refractivity (Wildman–Crippen MR) is 111 cm³/mol. The van der Waals surface area contributed by atoms with Gasteiger partial charge in [0.05, 0.1) is 11.9 Å². The number of nitrogens with zero attached hydrogens (tertiary/aromatic N) is 1. The van der Waals surface area contributed by atoms with Gasteiger partial charge in [-0.1, -0.05) is 34.5 Å². The van der Waals surface area contributed by atoms with Gasteiger partial charge in [0, 0.05) is 22.9 Å². The van der Waals surface area contributed by atoms with E-state index in [0.717, 1.165) is 10.9 Å². The summed E-state index contributed by atoms with van der Waals surface area (Å²) in [6.07, 6.45) is 4.08. The molecule has 0 aromatic heterocycles. The molecule has 2 aromatic carbocycles. The van der Waals surface area contributed by atoms with E-state index in [1.165, 1.54) is 18.3 Å². The molecular formula is C20H22BrN3O4. The zero-order valence-corrected chi connectivity index (χ0v) is 16.8. The second-order valence-corrected chi connectivity index (χ2v) is 6.98. The number of benzene rings is 2. The number of phenols is 2. The lowest BCUT2D eigenvalue weighted by molar-refractivity contribution is -0.121. The lowest BCUT2D eigenvalue weighted by Crippen LogP contribution is -2.17. The monoisotopic (exact) mass is 447 g/mol. The number of hydrogen-bond donors (Lipinski definition) is 4. The minimum Gasteiger partial charge on any atom is -0.508 e. The van der Waals surface area contributed by atoms with Crippen LogP contribution in [0.3, 0.4) is 0 Å². The van der Waals surface area contributed by atoms with Crippen molar-refractivity contribution in [3.05, 3.63) is 52.5 Å². The Labute approximate surface area is 171 Å². The fourth-order valence-electron chi connectivity index (χ4n) is 2.40. The van der Waals surface area contributed by atoms with Crippen molar-refractivity contribution in [1.82, 2.24) is 5.43 Å². The molecule has 0 fully saturated rings. The Hall–Kier alpha value is -2.87. The summed E-state index contributed by atoms with van der Waals surface area (Å²) in [6.45, 7) is 0. The summed E-state index contributed by atoms with van der Waals surface area (Å²) in [5.41, 5.74) is 3.48. The van der Waals surface area contributed by atoms with Gasteiger partial charge >= 0.3 is 0 Å². The van der Waals surface area contributed by atoms with Gasteiger partial charge in [0.1, 0.15) is 11.5 Å². The molecule has 0 bridgehead atoms. The molecule has 0 saturated heterocycles. The largest absolute Gasteiger partial charge is 0.508 e. The fourth-order valence-corrected chi connectivity index (χ4v) is 2.75. The minimum absolute atomic E-state index is 0.0332. The molecular weight excluding hydrogens is 426 g/mol. The molecule has 28 heavy (non-hydrogen) atoms. The molecule has 0 unspecified atom stereocenters. The quantitative estimate of drug-likeness (QED) is 0.202. The van der Waals surface area contributed by atoms with Crippen LogP contribution in [-0.4, -0.2) is 28.2 Å². The first kappa shape index (κ1) is 21.4. The van der Waals surface area contributed by atoms with E-state index in [2.05, 4.69) is 31.8 Å². The third-order valence-electron chi connectivity index (χ3n) is 3.86. The molecule has 0 radical (unpaired) electrons. The second-order valence-electron chi connectivity index (χ2n) is 6.12. The van der Waals surface area contributed by atoms with Crippen LogP contribution < -0.4 is 10.7 Å². The number of carbonyl (C=O) groups is 2. The zero-order chi connectivity index (χ0) is 20.4. The lowest BCUT2D eigenvalue weighted by Gasteiger charge is -2.06. The number of anilines is 1. The van der Waals surface area contributed by atoms with E-state index in [0.29, 0.717) is 36.9 Å². The number of halogens is 1. The highest BCUT2D eigenvalue weighted by molar-refractivity contribution is 9.10. The van der Waals surface area contributed by atoms with Gasteiger partial charge in [0.15, 0.2) is 0 Å². The first-order valence-electron chi connectivity index (χ1n) is 8.84. The van der Waals surface area contributed by atoms with Crippen LogP contribution in [0.4, 0.5) is 5.69 Å². The van der Waals surface area contributed by atoms with Crippen molar-refractivity contribution in [1.29, 1.82) is 0 Å². The smallest absolute Gasteiger partial charge is 0.240 e. The fraction of sp³-hybridized carbons (Fsp3) is 0.250.